The molecule has 3 aliphatic heterocycles. The zero-order chi connectivity index (χ0) is 31.6. The molecule has 0 radical (unpaired) electrons. The molecular weight excluding hydrogens is 562 g/mol. The first-order valence-electron chi connectivity index (χ1n) is 15.6. The second-order valence-electron chi connectivity index (χ2n) is 13.4. The van der Waals surface area contributed by atoms with Crippen molar-refractivity contribution in [2.75, 3.05) is 27.3 Å². The second kappa shape index (κ2) is 11.4. The molecule has 10 nitrogen and oxygen atoms in total. The van der Waals surface area contributed by atoms with Crippen molar-refractivity contribution < 1.29 is 38.4 Å². The lowest BCUT2D eigenvalue weighted by Gasteiger charge is -2.32. The van der Waals surface area contributed by atoms with Crippen LogP contribution in [-0.4, -0.2) is 96.5 Å². The highest BCUT2D eigenvalue weighted by atomic mass is 16.7. The average molecular weight is 604 g/mol. The van der Waals surface area contributed by atoms with Crippen LogP contribution < -0.4 is 20.4 Å². The van der Waals surface area contributed by atoms with Gasteiger partial charge in [0.25, 0.3) is 11.8 Å². The predicted octanol–water partition coefficient (Wildman–Crippen LogP) is 1.69. The van der Waals surface area contributed by atoms with Gasteiger partial charge in [-0.1, -0.05) is 12.1 Å². The number of carbonyl (C=O) groups excluding carboxylic acids is 2. The predicted molar refractivity (Wildman–Crippen MR) is 167 cm³/mol. The van der Waals surface area contributed by atoms with Crippen LogP contribution in [0.4, 0.5) is 0 Å². The molecule has 5 aliphatic rings. The maximum atomic E-state index is 12.9. The maximum Gasteiger partial charge on any atom is 0.494 e. The number of benzene rings is 2. The van der Waals surface area contributed by atoms with Gasteiger partial charge in [-0.3, -0.25) is 9.59 Å². The van der Waals surface area contributed by atoms with Gasteiger partial charge in [0.05, 0.1) is 36.5 Å². The summed E-state index contributed by atoms with van der Waals surface area (Å²) in [7, 11) is 1.12. The SMILES string of the molecule is COc1cc(B(O)O)cc2c1C(=O)N(C1CC1)CC2.COc1cc(B2OC(C)(C)C(C)(C)O2)cc2c1C(=O)N(C1CC1)CC2. The molecule has 7 rings (SSSR count). The number of carbonyl (C=O) groups is 2. The van der Waals surface area contributed by atoms with Crippen LogP contribution in [0.5, 0.6) is 11.5 Å². The molecule has 2 N–H and O–H groups in total. The minimum Gasteiger partial charge on any atom is -0.496 e. The van der Waals surface area contributed by atoms with Gasteiger partial charge in [0.1, 0.15) is 11.5 Å². The molecule has 0 aromatic heterocycles. The number of rotatable bonds is 6. The molecule has 12 heteroatoms. The van der Waals surface area contributed by atoms with Crippen molar-refractivity contribution in [3.63, 3.8) is 0 Å². The van der Waals surface area contributed by atoms with Crippen molar-refractivity contribution in [1.29, 1.82) is 0 Å². The zero-order valence-corrected chi connectivity index (χ0v) is 26.5. The number of amides is 2. The first-order valence-corrected chi connectivity index (χ1v) is 15.6. The molecule has 0 spiro atoms. The van der Waals surface area contributed by atoms with Crippen molar-refractivity contribution >= 4 is 37.0 Å². The van der Waals surface area contributed by atoms with E-state index in [9.17, 15) is 19.6 Å². The largest absolute Gasteiger partial charge is 0.496 e. The molecule has 2 saturated carbocycles. The van der Waals surface area contributed by atoms with E-state index >= 15 is 0 Å². The fraction of sp³-hybridized carbons (Fsp3) is 0.562. The van der Waals surface area contributed by atoms with Crippen molar-refractivity contribution in [2.24, 2.45) is 0 Å². The van der Waals surface area contributed by atoms with E-state index in [4.69, 9.17) is 18.8 Å². The Morgan fingerprint density at radius 2 is 1.23 bits per heavy atom. The van der Waals surface area contributed by atoms with Crippen molar-refractivity contribution in [1.82, 2.24) is 9.80 Å². The Morgan fingerprint density at radius 1 is 0.773 bits per heavy atom. The third-order valence-corrected chi connectivity index (χ3v) is 9.84. The minimum absolute atomic E-state index is 0.000389. The van der Waals surface area contributed by atoms with Crippen LogP contribution in [0.15, 0.2) is 24.3 Å². The van der Waals surface area contributed by atoms with Crippen molar-refractivity contribution in [3.8, 4) is 11.5 Å². The van der Waals surface area contributed by atoms with E-state index in [0.717, 1.165) is 61.7 Å². The average Bonchev–Trinajstić information content (AvgIpc) is 3.91. The van der Waals surface area contributed by atoms with Gasteiger partial charge in [-0.25, -0.2) is 0 Å². The van der Waals surface area contributed by atoms with Gasteiger partial charge >= 0.3 is 14.2 Å². The van der Waals surface area contributed by atoms with Crippen molar-refractivity contribution in [3.05, 3.63) is 46.5 Å². The summed E-state index contributed by atoms with van der Waals surface area (Å²) in [6.07, 6.45) is 5.98. The van der Waals surface area contributed by atoms with E-state index in [0.29, 0.717) is 46.7 Å². The number of nitrogens with zero attached hydrogens (tertiary/aromatic N) is 2. The Bertz CT molecular complexity index is 1420. The van der Waals surface area contributed by atoms with Crippen LogP contribution >= 0.6 is 0 Å². The summed E-state index contributed by atoms with van der Waals surface area (Å²) in [4.78, 5) is 29.3. The van der Waals surface area contributed by atoms with Gasteiger partial charge in [-0.05, 0) is 100 Å². The molecule has 2 aromatic rings. The maximum absolute atomic E-state index is 12.9. The number of hydrogen-bond donors (Lipinski definition) is 2. The lowest BCUT2D eigenvalue weighted by atomic mass is 9.76. The monoisotopic (exact) mass is 604 g/mol. The molecule has 0 bridgehead atoms. The summed E-state index contributed by atoms with van der Waals surface area (Å²) in [5.74, 6) is 1.15. The van der Waals surface area contributed by atoms with E-state index in [2.05, 4.69) is 6.07 Å². The van der Waals surface area contributed by atoms with E-state index in [1.165, 1.54) is 13.2 Å². The summed E-state index contributed by atoms with van der Waals surface area (Å²) in [5, 5.41) is 18.5. The molecule has 0 unspecified atom stereocenters. The fourth-order valence-corrected chi connectivity index (χ4v) is 6.30. The molecule has 1 saturated heterocycles. The Labute approximate surface area is 259 Å². The van der Waals surface area contributed by atoms with Gasteiger partial charge in [-0.2, -0.15) is 0 Å². The topological polar surface area (TPSA) is 118 Å². The Hall–Kier alpha value is -3.05. The first-order chi connectivity index (χ1) is 20.8. The molecule has 44 heavy (non-hydrogen) atoms. The van der Waals surface area contributed by atoms with Crippen LogP contribution in [0, 0.1) is 0 Å². The zero-order valence-electron chi connectivity index (χ0n) is 26.5. The molecular formula is C32H42B2N2O8. The number of ether oxygens (including phenoxy) is 2. The molecule has 2 amide bonds. The fourth-order valence-electron chi connectivity index (χ4n) is 6.30. The van der Waals surface area contributed by atoms with Gasteiger partial charge in [0.2, 0.25) is 0 Å². The third kappa shape index (κ3) is 5.62. The summed E-state index contributed by atoms with van der Waals surface area (Å²) in [5.41, 5.74) is 3.66. The van der Waals surface area contributed by atoms with E-state index in [1.807, 2.05) is 43.6 Å². The molecule has 234 valence electrons. The van der Waals surface area contributed by atoms with Gasteiger partial charge in [0.15, 0.2) is 0 Å². The van der Waals surface area contributed by atoms with Crippen LogP contribution in [-0.2, 0) is 22.2 Å². The summed E-state index contributed by atoms with van der Waals surface area (Å²) in [6, 6.07) is 7.97. The van der Waals surface area contributed by atoms with E-state index in [1.54, 1.807) is 13.2 Å². The van der Waals surface area contributed by atoms with Crippen LogP contribution in [0.2, 0.25) is 0 Å². The van der Waals surface area contributed by atoms with Crippen LogP contribution in [0.25, 0.3) is 0 Å². The van der Waals surface area contributed by atoms with Crippen LogP contribution in [0.1, 0.15) is 85.2 Å². The summed E-state index contributed by atoms with van der Waals surface area (Å²) >= 11 is 0. The lowest BCUT2D eigenvalue weighted by molar-refractivity contribution is 0.00578. The van der Waals surface area contributed by atoms with Gasteiger partial charge in [0, 0.05) is 25.2 Å². The summed E-state index contributed by atoms with van der Waals surface area (Å²) < 4.78 is 23.2. The Kier molecular flexibility index (Phi) is 8.01. The Balaban J connectivity index is 0.000000162. The van der Waals surface area contributed by atoms with E-state index < -0.39 is 14.2 Å². The standard InChI is InChI=1S/C19H26BNO4.C13H16BNO4/c1-18(2)19(3,4)25-20(24-18)13-10-12-8-9-21(14-6-7-14)17(22)16(12)15(11-13)23-5;1-19-11-7-9(14(17)18)6-8-4-5-15(10-2-3-10)13(16)12(8)11/h10-11,14H,6-9H2,1-5H3;6-7,10,17-18H,2-5H2,1H3. The first kappa shape index (κ1) is 31.0. The third-order valence-electron chi connectivity index (χ3n) is 9.84. The second-order valence-corrected chi connectivity index (χ2v) is 13.4. The quantitative estimate of drug-likeness (QED) is 0.479. The molecule has 0 atom stereocenters. The van der Waals surface area contributed by atoms with Crippen LogP contribution in [0.3, 0.4) is 0 Å². The van der Waals surface area contributed by atoms with E-state index in [-0.39, 0.29) is 23.0 Å². The highest BCUT2D eigenvalue weighted by molar-refractivity contribution is 6.62. The van der Waals surface area contributed by atoms with Crippen molar-refractivity contribution in [2.45, 2.75) is 89.5 Å². The normalized spacial score (nSPS) is 21.8. The lowest BCUT2D eigenvalue weighted by Crippen LogP contribution is -2.41. The molecule has 2 aliphatic carbocycles. The number of fused-ring (bicyclic) bond motifs is 2. The highest BCUT2D eigenvalue weighted by Gasteiger charge is 2.52. The minimum atomic E-state index is -1.55. The van der Waals surface area contributed by atoms with Gasteiger partial charge in [-0.15, -0.1) is 0 Å². The Morgan fingerprint density at radius 3 is 1.66 bits per heavy atom. The number of methoxy groups -OCH3 is 2. The molecule has 3 heterocycles. The molecule has 3 fully saturated rings. The highest BCUT2D eigenvalue weighted by Crippen LogP contribution is 2.39. The summed E-state index contributed by atoms with van der Waals surface area (Å²) in [6.45, 7) is 9.65. The number of hydrogen-bond acceptors (Lipinski definition) is 8. The molecule has 2 aromatic carbocycles. The van der Waals surface area contributed by atoms with Gasteiger partial charge < -0.3 is 38.6 Å². The smallest absolute Gasteiger partial charge is 0.494 e.